The topological polar surface area (TPSA) is 26.0 Å². The van der Waals surface area contributed by atoms with Crippen LogP contribution >= 0.6 is 0 Å². The highest BCUT2D eigenvalue weighted by molar-refractivity contribution is 5.23. The van der Waals surface area contributed by atoms with Crippen molar-refractivity contribution in [2.24, 2.45) is 5.73 Å². The molecule has 2 N–H and O–H groups in total. The van der Waals surface area contributed by atoms with Crippen molar-refractivity contribution < 1.29 is 8.78 Å². The minimum absolute atomic E-state index is 0.0394. The highest BCUT2D eigenvalue weighted by Gasteiger charge is 2.45. The van der Waals surface area contributed by atoms with Crippen molar-refractivity contribution in [1.29, 1.82) is 0 Å². The van der Waals surface area contributed by atoms with Gasteiger partial charge in [-0.15, -0.1) is 0 Å². The molecule has 0 fully saturated rings. The summed E-state index contributed by atoms with van der Waals surface area (Å²) in [5.41, 5.74) is 3.82. The number of nitrogens with two attached hydrogens (primary N) is 1. The molecule has 1 rings (SSSR count). The van der Waals surface area contributed by atoms with Crippen molar-refractivity contribution in [3.05, 3.63) is 35.9 Å². The van der Waals surface area contributed by atoms with E-state index < -0.39 is 11.5 Å². The molecule has 0 radical (unpaired) electrons. The molecule has 0 saturated carbocycles. The Balaban J connectivity index is 3.08. The van der Waals surface area contributed by atoms with Crippen molar-refractivity contribution in [2.45, 2.75) is 25.3 Å². The Bertz CT molecular complexity index is 275. The molecule has 0 saturated heterocycles. The van der Waals surface area contributed by atoms with Crippen LogP contribution in [0.1, 0.15) is 19.4 Å². The first-order valence-electron chi connectivity index (χ1n) is 4.08. The summed E-state index contributed by atoms with van der Waals surface area (Å²) < 4.78 is 27.1. The Morgan fingerprint density at radius 2 is 1.54 bits per heavy atom. The molecule has 0 bridgehead atoms. The third-order valence-corrected chi connectivity index (χ3v) is 1.95. The molecule has 0 unspecified atom stereocenters. The third-order valence-electron chi connectivity index (χ3n) is 1.95. The fourth-order valence-corrected chi connectivity index (χ4v) is 1.02. The van der Waals surface area contributed by atoms with E-state index in [1.165, 1.54) is 26.0 Å². The van der Waals surface area contributed by atoms with Gasteiger partial charge in [0.25, 0.3) is 5.92 Å². The SMILES string of the molecule is CC(C)(N)C(F)(F)c1ccccc1. The van der Waals surface area contributed by atoms with Gasteiger partial charge in [-0.3, -0.25) is 0 Å². The van der Waals surface area contributed by atoms with Gasteiger partial charge in [-0.05, 0) is 13.8 Å². The average molecular weight is 185 g/mol. The van der Waals surface area contributed by atoms with E-state index in [0.29, 0.717) is 0 Å². The van der Waals surface area contributed by atoms with Crippen molar-refractivity contribution in [1.82, 2.24) is 0 Å². The van der Waals surface area contributed by atoms with E-state index in [1.807, 2.05) is 0 Å². The normalized spacial score (nSPS) is 13.0. The summed E-state index contributed by atoms with van der Waals surface area (Å²) >= 11 is 0. The molecule has 3 heteroatoms. The smallest absolute Gasteiger partial charge is 0.290 e. The highest BCUT2D eigenvalue weighted by atomic mass is 19.3. The Hall–Kier alpha value is -0.960. The first-order valence-corrected chi connectivity index (χ1v) is 4.08. The van der Waals surface area contributed by atoms with Gasteiger partial charge in [0.2, 0.25) is 0 Å². The maximum Gasteiger partial charge on any atom is 0.290 e. The van der Waals surface area contributed by atoms with Crippen molar-refractivity contribution in [3.63, 3.8) is 0 Å². The standard InChI is InChI=1S/C10H13F2N/c1-9(2,13)10(11,12)8-6-4-3-5-7-8/h3-7H,13H2,1-2H3. The zero-order valence-electron chi connectivity index (χ0n) is 7.72. The summed E-state index contributed by atoms with van der Waals surface area (Å²) in [4.78, 5) is 0. The molecule has 1 aromatic rings. The number of hydrogen-bond donors (Lipinski definition) is 1. The Kier molecular flexibility index (Phi) is 2.39. The van der Waals surface area contributed by atoms with Crippen molar-refractivity contribution >= 4 is 0 Å². The molecular formula is C10H13F2N. The maximum atomic E-state index is 13.5. The summed E-state index contributed by atoms with van der Waals surface area (Å²) in [5, 5.41) is 0. The molecule has 13 heavy (non-hydrogen) atoms. The van der Waals surface area contributed by atoms with Crippen LogP contribution in [0.15, 0.2) is 30.3 Å². The third kappa shape index (κ3) is 1.86. The second-order valence-corrected chi connectivity index (χ2v) is 3.66. The van der Waals surface area contributed by atoms with Gasteiger partial charge in [0.05, 0.1) is 5.54 Å². The van der Waals surface area contributed by atoms with Crippen molar-refractivity contribution in [3.8, 4) is 0 Å². The number of hydrogen-bond acceptors (Lipinski definition) is 1. The monoisotopic (exact) mass is 185 g/mol. The Morgan fingerprint density at radius 1 is 1.08 bits per heavy atom. The number of halogens is 2. The van der Waals surface area contributed by atoms with Crippen LogP contribution < -0.4 is 5.73 Å². The van der Waals surface area contributed by atoms with E-state index in [2.05, 4.69) is 0 Å². The van der Waals surface area contributed by atoms with Gasteiger partial charge in [0, 0.05) is 5.56 Å². The van der Waals surface area contributed by atoms with Gasteiger partial charge >= 0.3 is 0 Å². The summed E-state index contributed by atoms with van der Waals surface area (Å²) in [5.74, 6) is -2.99. The maximum absolute atomic E-state index is 13.5. The molecule has 72 valence electrons. The predicted octanol–water partition coefficient (Wildman–Crippen LogP) is 2.52. The lowest BCUT2D eigenvalue weighted by molar-refractivity contribution is -0.0672. The quantitative estimate of drug-likeness (QED) is 0.752. The Labute approximate surface area is 76.6 Å². The first-order chi connectivity index (χ1) is 5.86. The number of alkyl halides is 2. The van der Waals surface area contributed by atoms with Crippen LogP contribution in [0.25, 0.3) is 0 Å². The van der Waals surface area contributed by atoms with Gasteiger partial charge in [-0.25, -0.2) is 0 Å². The lowest BCUT2D eigenvalue weighted by atomic mass is 9.91. The van der Waals surface area contributed by atoms with E-state index in [4.69, 9.17) is 5.73 Å². The summed E-state index contributed by atoms with van der Waals surface area (Å²) in [6.45, 7) is 2.64. The fraction of sp³-hybridized carbons (Fsp3) is 0.400. The fourth-order valence-electron chi connectivity index (χ4n) is 1.02. The lowest BCUT2D eigenvalue weighted by Crippen LogP contribution is -2.48. The van der Waals surface area contributed by atoms with Gasteiger partial charge in [0.1, 0.15) is 0 Å². The minimum atomic E-state index is -2.99. The zero-order valence-corrected chi connectivity index (χ0v) is 7.72. The van der Waals surface area contributed by atoms with Crippen LogP contribution in [0.5, 0.6) is 0 Å². The molecule has 0 aromatic heterocycles. The summed E-state index contributed by atoms with van der Waals surface area (Å²) in [6.07, 6.45) is 0. The molecule has 0 spiro atoms. The molecular weight excluding hydrogens is 172 g/mol. The predicted molar refractivity (Wildman–Crippen MR) is 48.6 cm³/mol. The van der Waals surface area contributed by atoms with E-state index >= 15 is 0 Å². The highest BCUT2D eigenvalue weighted by Crippen LogP contribution is 2.36. The van der Waals surface area contributed by atoms with Crippen molar-refractivity contribution in [2.75, 3.05) is 0 Å². The second kappa shape index (κ2) is 3.07. The average Bonchev–Trinajstić information content (AvgIpc) is 2.04. The first kappa shape index (κ1) is 10.1. The molecule has 0 atom stereocenters. The largest absolute Gasteiger partial charge is 0.320 e. The minimum Gasteiger partial charge on any atom is -0.320 e. The zero-order chi connectivity index (χ0) is 10.1. The van der Waals surface area contributed by atoms with Crippen LogP contribution in [0.3, 0.4) is 0 Å². The van der Waals surface area contributed by atoms with Crippen LogP contribution in [0, 0.1) is 0 Å². The number of rotatable bonds is 2. The van der Waals surface area contributed by atoms with E-state index in [0.717, 1.165) is 0 Å². The molecule has 0 amide bonds. The van der Waals surface area contributed by atoms with Crippen LogP contribution in [0.2, 0.25) is 0 Å². The molecule has 0 aliphatic heterocycles. The summed E-state index contributed by atoms with van der Waals surface area (Å²) in [7, 11) is 0. The van der Waals surface area contributed by atoms with Gasteiger partial charge in [-0.1, -0.05) is 30.3 Å². The molecule has 1 aromatic carbocycles. The van der Waals surface area contributed by atoms with Gasteiger partial charge in [0.15, 0.2) is 0 Å². The summed E-state index contributed by atoms with van der Waals surface area (Å²) in [6, 6.07) is 7.62. The molecule has 0 heterocycles. The van der Waals surface area contributed by atoms with Crippen LogP contribution in [-0.4, -0.2) is 5.54 Å². The lowest BCUT2D eigenvalue weighted by Gasteiger charge is -2.30. The van der Waals surface area contributed by atoms with Gasteiger partial charge in [-0.2, -0.15) is 8.78 Å². The van der Waals surface area contributed by atoms with Gasteiger partial charge < -0.3 is 5.73 Å². The Morgan fingerprint density at radius 3 is 1.92 bits per heavy atom. The van der Waals surface area contributed by atoms with Crippen LogP contribution in [0.4, 0.5) is 8.78 Å². The second-order valence-electron chi connectivity index (χ2n) is 3.66. The molecule has 0 aliphatic rings. The molecule has 1 nitrogen and oxygen atoms in total. The van der Waals surface area contributed by atoms with E-state index in [1.54, 1.807) is 18.2 Å². The van der Waals surface area contributed by atoms with E-state index in [9.17, 15) is 8.78 Å². The molecule has 0 aliphatic carbocycles. The number of benzene rings is 1. The van der Waals surface area contributed by atoms with Crippen LogP contribution in [-0.2, 0) is 5.92 Å². The van der Waals surface area contributed by atoms with E-state index in [-0.39, 0.29) is 5.56 Å².